The minimum absolute atomic E-state index is 0.128. The van der Waals surface area contributed by atoms with E-state index in [1.165, 1.54) is 16.8 Å². The number of carbonyl (C=O) groups is 1. The van der Waals surface area contributed by atoms with Gasteiger partial charge in [-0.1, -0.05) is 12.1 Å². The second kappa shape index (κ2) is 7.35. The number of nitrogens with one attached hydrogen (secondary N) is 1. The number of hydrogen-bond acceptors (Lipinski definition) is 4. The molecule has 3 rings (SSSR count). The first-order valence-corrected chi connectivity index (χ1v) is 8.07. The molecule has 1 aromatic heterocycles. The van der Waals surface area contributed by atoms with Gasteiger partial charge in [-0.05, 0) is 42.3 Å². The summed E-state index contributed by atoms with van der Waals surface area (Å²) in [7, 11) is 3.20. The topological polar surface area (TPSA) is 73.2 Å². The minimum atomic E-state index is -0.584. The maximum absolute atomic E-state index is 13.4. The van der Waals surface area contributed by atoms with Gasteiger partial charge in [0.05, 0.1) is 18.0 Å². The van der Waals surface area contributed by atoms with Crippen LogP contribution in [0, 0.1) is 5.82 Å². The molecule has 2 aromatic carbocycles. The van der Waals surface area contributed by atoms with Crippen molar-refractivity contribution in [2.24, 2.45) is 7.05 Å². The number of benzene rings is 2. The van der Waals surface area contributed by atoms with E-state index in [1.807, 2.05) is 24.3 Å². The fourth-order valence-electron chi connectivity index (χ4n) is 2.69. The molecular formula is C19H18FN3O3. The van der Waals surface area contributed by atoms with Crippen molar-refractivity contribution in [3.63, 3.8) is 0 Å². The molecule has 0 bridgehead atoms. The van der Waals surface area contributed by atoms with Crippen molar-refractivity contribution in [1.82, 2.24) is 15.1 Å². The van der Waals surface area contributed by atoms with E-state index in [-0.39, 0.29) is 11.1 Å². The Hall–Kier alpha value is -3.22. The number of carbonyl (C=O) groups excluding carboxylic acids is 1. The molecule has 0 aliphatic rings. The van der Waals surface area contributed by atoms with Crippen molar-refractivity contribution < 1.29 is 13.9 Å². The number of aryl methyl sites for hydroxylation is 1. The molecule has 0 aliphatic heterocycles. The Morgan fingerprint density at radius 2 is 1.96 bits per heavy atom. The number of amides is 1. The van der Waals surface area contributed by atoms with Gasteiger partial charge in [-0.25, -0.2) is 4.39 Å². The highest BCUT2D eigenvalue weighted by Crippen LogP contribution is 2.12. The average molecular weight is 355 g/mol. The first-order chi connectivity index (χ1) is 12.5. The van der Waals surface area contributed by atoms with Crippen LogP contribution in [0.1, 0.15) is 16.1 Å². The highest BCUT2D eigenvalue weighted by molar-refractivity contribution is 5.95. The summed E-state index contributed by atoms with van der Waals surface area (Å²) in [4.78, 5) is 24.8. The maximum atomic E-state index is 13.4. The molecule has 0 unspecified atom stereocenters. The Balaban J connectivity index is 1.75. The third-order valence-electron chi connectivity index (χ3n) is 4.09. The van der Waals surface area contributed by atoms with Crippen LogP contribution in [0.2, 0.25) is 0 Å². The Kier molecular flexibility index (Phi) is 4.97. The van der Waals surface area contributed by atoms with Crippen molar-refractivity contribution in [2.75, 3.05) is 13.7 Å². The predicted molar refractivity (Wildman–Crippen MR) is 96.0 cm³/mol. The van der Waals surface area contributed by atoms with Crippen molar-refractivity contribution in [3.05, 3.63) is 69.8 Å². The molecule has 0 radical (unpaired) electrons. The zero-order valence-corrected chi connectivity index (χ0v) is 14.5. The number of rotatable bonds is 5. The normalized spacial score (nSPS) is 10.7. The summed E-state index contributed by atoms with van der Waals surface area (Å²) < 4.78 is 19.9. The third-order valence-corrected chi connectivity index (χ3v) is 4.09. The van der Waals surface area contributed by atoms with E-state index >= 15 is 0 Å². The molecule has 0 aliphatic carbocycles. The summed E-state index contributed by atoms with van der Waals surface area (Å²) in [5.41, 5.74) is 0.651. The van der Waals surface area contributed by atoms with E-state index in [0.717, 1.165) is 17.4 Å². The number of ether oxygens (including phenoxy) is 1. The average Bonchev–Trinajstić information content (AvgIpc) is 2.65. The van der Waals surface area contributed by atoms with Crippen LogP contribution in [0.4, 0.5) is 4.39 Å². The number of aromatic nitrogens is 2. The van der Waals surface area contributed by atoms with E-state index in [4.69, 9.17) is 4.74 Å². The van der Waals surface area contributed by atoms with Gasteiger partial charge in [-0.3, -0.25) is 14.3 Å². The fourth-order valence-corrected chi connectivity index (χ4v) is 2.69. The second-order valence-corrected chi connectivity index (χ2v) is 5.82. The maximum Gasteiger partial charge on any atom is 0.275 e. The van der Waals surface area contributed by atoms with Gasteiger partial charge in [-0.2, -0.15) is 5.10 Å². The minimum Gasteiger partial charge on any atom is -0.497 e. The largest absolute Gasteiger partial charge is 0.497 e. The SMILES string of the molecule is COc1ccc(CCNC(=O)c2nn(C)c3ccc(F)cc3c2=O)cc1. The van der Waals surface area contributed by atoms with Gasteiger partial charge in [-0.15, -0.1) is 0 Å². The van der Waals surface area contributed by atoms with E-state index in [9.17, 15) is 14.0 Å². The molecule has 0 saturated heterocycles. The number of nitrogens with zero attached hydrogens (tertiary/aromatic N) is 2. The smallest absolute Gasteiger partial charge is 0.275 e. The van der Waals surface area contributed by atoms with Crippen molar-refractivity contribution >= 4 is 16.8 Å². The zero-order valence-electron chi connectivity index (χ0n) is 14.5. The zero-order chi connectivity index (χ0) is 18.7. The summed E-state index contributed by atoms with van der Waals surface area (Å²) in [6, 6.07) is 11.3. The van der Waals surface area contributed by atoms with E-state index < -0.39 is 17.2 Å². The lowest BCUT2D eigenvalue weighted by Gasteiger charge is -2.09. The summed E-state index contributed by atoms with van der Waals surface area (Å²) in [5, 5.41) is 6.84. The van der Waals surface area contributed by atoms with Gasteiger partial charge in [0.1, 0.15) is 11.6 Å². The molecule has 134 valence electrons. The molecule has 1 N–H and O–H groups in total. The lowest BCUT2D eigenvalue weighted by Crippen LogP contribution is -2.33. The van der Waals surface area contributed by atoms with E-state index in [0.29, 0.717) is 18.5 Å². The summed E-state index contributed by atoms with van der Waals surface area (Å²) in [6.07, 6.45) is 0.595. The number of fused-ring (bicyclic) bond motifs is 1. The number of hydrogen-bond donors (Lipinski definition) is 1. The molecule has 26 heavy (non-hydrogen) atoms. The van der Waals surface area contributed by atoms with E-state index in [2.05, 4.69) is 10.4 Å². The van der Waals surface area contributed by atoms with Crippen LogP contribution >= 0.6 is 0 Å². The van der Waals surface area contributed by atoms with Crippen molar-refractivity contribution in [2.45, 2.75) is 6.42 Å². The molecule has 0 saturated carbocycles. The van der Waals surface area contributed by atoms with Crippen molar-refractivity contribution in [3.8, 4) is 5.75 Å². The Morgan fingerprint density at radius 3 is 2.65 bits per heavy atom. The number of methoxy groups -OCH3 is 1. The quantitative estimate of drug-likeness (QED) is 0.760. The first kappa shape index (κ1) is 17.6. The molecule has 3 aromatic rings. The van der Waals surface area contributed by atoms with Crippen LogP contribution < -0.4 is 15.5 Å². The second-order valence-electron chi connectivity index (χ2n) is 5.82. The van der Waals surface area contributed by atoms with E-state index in [1.54, 1.807) is 14.2 Å². The van der Waals surface area contributed by atoms with Crippen molar-refractivity contribution in [1.29, 1.82) is 0 Å². The van der Waals surface area contributed by atoms with Gasteiger partial charge < -0.3 is 10.1 Å². The van der Waals surface area contributed by atoms with Gasteiger partial charge in [0, 0.05) is 13.6 Å². The number of halogens is 1. The van der Waals surface area contributed by atoms with Crippen LogP contribution in [0.25, 0.3) is 10.9 Å². The molecule has 0 fully saturated rings. The third kappa shape index (κ3) is 3.56. The fraction of sp³-hybridized carbons (Fsp3) is 0.211. The standard InChI is InChI=1S/C19H18FN3O3/c1-23-16-8-5-13(20)11-15(16)18(24)17(22-23)19(25)21-10-9-12-3-6-14(26-2)7-4-12/h3-8,11H,9-10H2,1-2H3,(H,21,25). The van der Waals surface area contributed by atoms with Gasteiger partial charge in [0.2, 0.25) is 5.43 Å². The molecule has 1 heterocycles. The molecule has 6 nitrogen and oxygen atoms in total. The molecule has 0 atom stereocenters. The van der Waals surface area contributed by atoms with Crippen LogP contribution in [0.15, 0.2) is 47.3 Å². The highest BCUT2D eigenvalue weighted by atomic mass is 19.1. The highest BCUT2D eigenvalue weighted by Gasteiger charge is 2.16. The lowest BCUT2D eigenvalue weighted by atomic mass is 10.1. The first-order valence-electron chi connectivity index (χ1n) is 8.07. The monoisotopic (exact) mass is 355 g/mol. The Labute approximate surface area is 149 Å². The molecule has 1 amide bonds. The Morgan fingerprint density at radius 1 is 1.23 bits per heavy atom. The molecule has 7 heteroatoms. The summed E-state index contributed by atoms with van der Waals surface area (Å²) in [6.45, 7) is 0.344. The molecular weight excluding hydrogens is 337 g/mol. The van der Waals surface area contributed by atoms with Gasteiger partial charge >= 0.3 is 0 Å². The van der Waals surface area contributed by atoms with Crippen LogP contribution in [-0.4, -0.2) is 29.3 Å². The predicted octanol–water partition coefficient (Wildman–Crippen LogP) is 2.05. The summed E-state index contributed by atoms with van der Waals surface area (Å²) >= 11 is 0. The Bertz CT molecular complexity index is 1010. The van der Waals surface area contributed by atoms with Gasteiger partial charge in [0.15, 0.2) is 5.69 Å². The van der Waals surface area contributed by atoms with Crippen LogP contribution in [0.5, 0.6) is 5.75 Å². The lowest BCUT2D eigenvalue weighted by molar-refractivity contribution is 0.0946. The van der Waals surface area contributed by atoms with Crippen LogP contribution in [0.3, 0.4) is 0 Å². The molecule has 0 spiro atoms. The van der Waals surface area contributed by atoms with Gasteiger partial charge in [0.25, 0.3) is 5.91 Å². The van der Waals surface area contributed by atoms with Crippen LogP contribution in [-0.2, 0) is 13.5 Å². The summed E-state index contributed by atoms with van der Waals surface area (Å²) in [5.74, 6) is -0.356.